The Morgan fingerprint density at radius 2 is 2.09 bits per heavy atom. The minimum absolute atomic E-state index is 0.117. The number of thiazole rings is 1. The van der Waals surface area contributed by atoms with E-state index in [4.69, 9.17) is 11.5 Å². The number of amides is 1. The van der Waals surface area contributed by atoms with Crippen LogP contribution in [0.2, 0.25) is 0 Å². The van der Waals surface area contributed by atoms with E-state index in [1.807, 2.05) is 29.6 Å². The van der Waals surface area contributed by atoms with Crippen LogP contribution in [0.3, 0.4) is 0 Å². The van der Waals surface area contributed by atoms with E-state index < -0.39 is 0 Å². The van der Waals surface area contributed by atoms with Gasteiger partial charge in [0, 0.05) is 28.5 Å². The van der Waals surface area contributed by atoms with Gasteiger partial charge in [0.25, 0.3) is 0 Å². The number of nitrogens with one attached hydrogen (secondary N) is 1. The van der Waals surface area contributed by atoms with Gasteiger partial charge in [0.15, 0.2) is 11.1 Å². The van der Waals surface area contributed by atoms with Crippen molar-refractivity contribution >= 4 is 40.1 Å². The number of carbonyl (C=O) groups excluding carboxylic acids is 1. The van der Waals surface area contributed by atoms with E-state index in [1.165, 1.54) is 18.3 Å². The molecule has 8 heteroatoms. The summed E-state index contributed by atoms with van der Waals surface area (Å²) in [6.07, 6.45) is 0. The molecule has 2 rings (SSSR count). The first-order chi connectivity index (χ1) is 10.5. The van der Waals surface area contributed by atoms with Gasteiger partial charge in [-0.3, -0.25) is 9.79 Å². The maximum atomic E-state index is 11.0. The highest BCUT2D eigenvalue weighted by molar-refractivity contribution is 7.99. The van der Waals surface area contributed by atoms with Crippen LogP contribution in [-0.4, -0.2) is 29.1 Å². The van der Waals surface area contributed by atoms with E-state index in [0.29, 0.717) is 11.7 Å². The first-order valence-corrected chi connectivity index (χ1v) is 8.43. The molecule has 1 aromatic carbocycles. The highest BCUT2D eigenvalue weighted by Gasteiger charge is 2.05. The molecule has 0 radical (unpaired) electrons. The predicted octanol–water partition coefficient (Wildman–Crippen LogP) is 2.13. The van der Waals surface area contributed by atoms with Crippen molar-refractivity contribution in [3.63, 3.8) is 0 Å². The molecule has 1 aromatic heterocycles. The zero-order valence-corrected chi connectivity index (χ0v) is 13.7. The quantitative estimate of drug-likeness (QED) is 0.324. The molecule has 0 bridgehead atoms. The van der Waals surface area contributed by atoms with Crippen molar-refractivity contribution < 1.29 is 4.79 Å². The number of rotatable bonds is 6. The lowest BCUT2D eigenvalue weighted by Crippen LogP contribution is -2.23. The molecule has 0 aliphatic heterocycles. The fraction of sp³-hybridized carbons (Fsp3) is 0.214. The van der Waals surface area contributed by atoms with Crippen molar-refractivity contribution in [3.05, 3.63) is 29.6 Å². The Bertz CT molecular complexity index is 662. The van der Waals surface area contributed by atoms with Crippen molar-refractivity contribution in [1.29, 1.82) is 0 Å². The summed E-state index contributed by atoms with van der Waals surface area (Å²) in [6, 6.07) is 8.09. The van der Waals surface area contributed by atoms with Crippen molar-refractivity contribution in [2.45, 2.75) is 11.8 Å². The van der Waals surface area contributed by atoms with Crippen LogP contribution in [0, 0.1) is 0 Å². The molecule has 22 heavy (non-hydrogen) atoms. The summed E-state index contributed by atoms with van der Waals surface area (Å²) in [5, 5.41) is 5.21. The summed E-state index contributed by atoms with van der Waals surface area (Å²) in [5.74, 6) is 0.823. The van der Waals surface area contributed by atoms with Crippen molar-refractivity contribution in [1.82, 2.24) is 4.98 Å². The Morgan fingerprint density at radius 1 is 1.36 bits per heavy atom. The Morgan fingerprint density at radius 3 is 2.73 bits per heavy atom. The molecule has 0 aliphatic carbocycles. The Hall–Kier alpha value is -2.06. The third-order valence-corrected chi connectivity index (χ3v) is 4.34. The number of anilines is 1. The molecule has 116 valence electrons. The van der Waals surface area contributed by atoms with Gasteiger partial charge in [-0.1, -0.05) is 12.1 Å². The summed E-state index contributed by atoms with van der Waals surface area (Å²) >= 11 is 3.10. The maximum absolute atomic E-state index is 11.0. The Balaban J connectivity index is 1.95. The normalized spacial score (nSPS) is 10.2. The molecule has 1 amide bonds. The first kappa shape index (κ1) is 16.3. The second-order valence-electron chi connectivity index (χ2n) is 4.40. The minimum atomic E-state index is -0.117. The minimum Gasteiger partial charge on any atom is -0.370 e. The molecule has 0 spiro atoms. The fourth-order valence-corrected chi connectivity index (χ4v) is 3.19. The van der Waals surface area contributed by atoms with Crippen molar-refractivity contribution in [3.8, 4) is 11.3 Å². The number of nitrogens with zero attached hydrogens (tertiary/aromatic N) is 2. The lowest BCUT2D eigenvalue weighted by molar-refractivity contribution is -0.114. The number of benzene rings is 1. The lowest BCUT2D eigenvalue weighted by Gasteiger charge is -2.02. The maximum Gasteiger partial charge on any atom is 0.223 e. The SMILES string of the molecule is CC(=O)Nc1nc(-c2ccc(SCCN=C(N)N)cc2)cs1. The van der Waals surface area contributed by atoms with Crippen LogP contribution in [0.4, 0.5) is 5.13 Å². The van der Waals surface area contributed by atoms with Gasteiger partial charge in [-0.05, 0) is 12.1 Å². The smallest absolute Gasteiger partial charge is 0.223 e. The molecule has 0 atom stereocenters. The average Bonchev–Trinajstić information content (AvgIpc) is 2.92. The number of hydrogen-bond acceptors (Lipinski definition) is 5. The van der Waals surface area contributed by atoms with Crippen LogP contribution in [0.25, 0.3) is 11.3 Å². The topological polar surface area (TPSA) is 106 Å². The third kappa shape index (κ3) is 5.05. The lowest BCUT2D eigenvalue weighted by atomic mass is 10.2. The molecule has 5 N–H and O–H groups in total. The summed E-state index contributed by atoms with van der Waals surface area (Å²) in [6.45, 7) is 2.07. The van der Waals surface area contributed by atoms with E-state index in [-0.39, 0.29) is 11.9 Å². The second kappa shape index (κ2) is 7.81. The van der Waals surface area contributed by atoms with Gasteiger partial charge in [0.2, 0.25) is 5.91 Å². The van der Waals surface area contributed by atoms with Gasteiger partial charge in [0.05, 0.1) is 12.2 Å². The molecule has 2 aromatic rings. The summed E-state index contributed by atoms with van der Waals surface area (Å²) < 4.78 is 0. The number of carbonyl (C=O) groups is 1. The third-order valence-electron chi connectivity index (χ3n) is 2.59. The molecule has 0 aliphatic rings. The molecule has 0 saturated carbocycles. The first-order valence-electron chi connectivity index (χ1n) is 6.56. The highest BCUT2D eigenvalue weighted by Crippen LogP contribution is 2.27. The molecule has 6 nitrogen and oxygen atoms in total. The standard InChI is InChI=1S/C14H17N5OS2/c1-9(20)18-14-19-12(8-22-14)10-2-4-11(5-3-10)21-7-6-17-13(15)16/h2-5,8H,6-7H2,1H3,(H4,15,16,17)(H,18,19,20). The molecular formula is C14H17N5OS2. The van der Waals surface area contributed by atoms with Crippen molar-refractivity contribution in [2.24, 2.45) is 16.5 Å². The fourth-order valence-electron chi connectivity index (χ4n) is 1.67. The van der Waals surface area contributed by atoms with Crippen LogP contribution < -0.4 is 16.8 Å². The zero-order valence-electron chi connectivity index (χ0n) is 12.1. The number of guanidine groups is 1. The largest absolute Gasteiger partial charge is 0.370 e. The Labute approximate surface area is 137 Å². The molecule has 0 fully saturated rings. The number of hydrogen-bond donors (Lipinski definition) is 3. The molecule has 0 saturated heterocycles. The monoisotopic (exact) mass is 335 g/mol. The van der Waals surface area contributed by atoms with Gasteiger partial charge in [0.1, 0.15) is 0 Å². The van der Waals surface area contributed by atoms with Crippen molar-refractivity contribution in [2.75, 3.05) is 17.6 Å². The van der Waals surface area contributed by atoms with E-state index in [1.54, 1.807) is 11.8 Å². The van der Waals surface area contributed by atoms with Crippen LogP contribution in [0.5, 0.6) is 0 Å². The van der Waals surface area contributed by atoms with Gasteiger partial charge in [-0.25, -0.2) is 4.98 Å². The van der Waals surface area contributed by atoms with Crippen LogP contribution >= 0.6 is 23.1 Å². The van der Waals surface area contributed by atoms with E-state index in [0.717, 1.165) is 21.9 Å². The zero-order chi connectivity index (χ0) is 15.9. The molecule has 0 unspecified atom stereocenters. The highest BCUT2D eigenvalue weighted by atomic mass is 32.2. The van der Waals surface area contributed by atoms with Gasteiger partial charge < -0.3 is 16.8 Å². The summed E-state index contributed by atoms with van der Waals surface area (Å²) in [4.78, 5) is 20.5. The van der Waals surface area contributed by atoms with E-state index in [9.17, 15) is 4.79 Å². The number of nitrogens with two attached hydrogens (primary N) is 2. The number of aliphatic imine (C=N–C) groups is 1. The van der Waals surface area contributed by atoms with Crippen LogP contribution in [0.1, 0.15) is 6.92 Å². The van der Waals surface area contributed by atoms with E-state index in [2.05, 4.69) is 15.3 Å². The molecular weight excluding hydrogens is 318 g/mol. The number of aromatic nitrogens is 1. The Kier molecular flexibility index (Phi) is 5.79. The van der Waals surface area contributed by atoms with Gasteiger partial charge in [-0.15, -0.1) is 23.1 Å². The van der Waals surface area contributed by atoms with Gasteiger partial charge in [-0.2, -0.15) is 0 Å². The van der Waals surface area contributed by atoms with Crippen LogP contribution in [-0.2, 0) is 4.79 Å². The second-order valence-corrected chi connectivity index (χ2v) is 6.42. The molecule has 1 heterocycles. The average molecular weight is 335 g/mol. The predicted molar refractivity (Wildman–Crippen MR) is 93.3 cm³/mol. The summed E-state index contributed by atoms with van der Waals surface area (Å²) in [5.41, 5.74) is 12.4. The number of thioether (sulfide) groups is 1. The van der Waals surface area contributed by atoms with E-state index >= 15 is 0 Å². The van der Waals surface area contributed by atoms with Gasteiger partial charge >= 0.3 is 0 Å². The summed E-state index contributed by atoms with van der Waals surface area (Å²) in [7, 11) is 0. The van der Waals surface area contributed by atoms with Crippen LogP contribution in [0.15, 0.2) is 39.5 Å².